The van der Waals surface area contributed by atoms with Crippen molar-refractivity contribution in [1.29, 1.82) is 0 Å². The van der Waals surface area contributed by atoms with Gasteiger partial charge in [-0.1, -0.05) is 17.8 Å². The van der Waals surface area contributed by atoms with Gasteiger partial charge in [0.05, 0.1) is 16.2 Å². The summed E-state index contributed by atoms with van der Waals surface area (Å²) in [5.41, 5.74) is 0.993. The normalized spacial score (nSPS) is 17.6. The molecule has 1 N–H and O–H groups in total. The van der Waals surface area contributed by atoms with Gasteiger partial charge in [0.25, 0.3) is 0 Å². The number of hydrogen-bond donors (Lipinski definition) is 1. The Morgan fingerprint density at radius 1 is 1.31 bits per heavy atom. The lowest BCUT2D eigenvalue weighted by atomic mass is 10.2. The first-order valence-corrected chi connectivity index (χ1v) is 8.51. The molecule has 1 aromatic heterocycles. The third kappa shape index (κ3) is 3.67. The average molecular weight is 380 g/mol. The topological polar surface area (TPSA) is 58.1 Å². The molecule has 3 rings (SSSR count). The fraction of sp³-hybridized carbons (Fsp3) is 0.235. The molecule has 0 bridgehead atoms. The summed E-state index contributed by atoms with van der Waals surface area (Å²) < 4.78 is 38.5. The molecule has 9 heteroatoms. The Bertz CT molecular complexity index is 869. The number of alkyl halides is 3. The lowest BCUT2D eigenvalue weighted by Gasteiger charge is -2.16. The zero-order valence-corrected chi connectivity index (χ0v) is 14.7. The van der Waals surface area contributed by atoms with Crippen molar-refractivity contribution in [3.63, 3.8) is 0 Å². The van der Waals surface area contributed by atoms with Crippen molar-refractivity contribution in [2.24, 2.45) is 0 Å². The third-order valence-corrected chi connectivity index (χ3v) is 5.34. The number of aromatic nitrogens is 2. The van der Waals surface area contributed by atoms with Crippen LogP contribution < -0.4 is 5.32 Å². The molecule has 0 saturated carbocycles. The van der Waals surface area contributed by atoms with Crippen molar-refractivity contribution in [1.82, 2.24) is 14.9 Å². The highest BCUT2D eigenvalue weighted by Crippen LogP contribution is 2.41. The van der Waals surface area contributed by atoms with Crippen LogP contribution in [0.1, 0.15) is 18.2 Å². The van der Waals surface area contributed by atoms with E-state index < -0.39 is 11.7 Å². The molecule has 136 valence electrons. The number of benzene rings is 1. The molecule has 1 unspecified atom stereocenters. The van der Waals surface area contributed by atoms with Crippen molar-refractivity contribution in [2.45, 2.75) is 18.5 Å². The van der Waals surface area contributed by atoms with Gasteiger partial charge in [-0.2, -0.15) is 13.2 Å². The summed E-state index contributed by atoms with van der Waals surface area (Å²) in [5, 5.41) is 2.47. The number of halogens is 3. The van der Waals surface area contributed by atoms with E-state index >= 15 is 0 Å². The van der Waals surface area contributed by atoms with Crippen LogP contribution in [0.5, 0.6) is 0 Å². The molecule has 0 fully saturated rings. The summed E-state index contributed by atoms with van der Waals surface area (Å²) in [7, 11) is 1.82. The van der Waals surface area contributed by atoms with E-state index in [9.17, 15) is 18.0 Å². The Morgan fingerprint density at radius 2 is 2.08 bits per heavy atom. The first-order valence-electron chi connectivity index (χ1n) is 7.63. The summed E-state index contributed by atoms with van der Waals surface area (Å²) in [6.45, 7) is 1.88. The predicted molar refractivity (Wildman–Crippen MR) is 94.6 cm³/mol. The van der Waals surface area contributed by atoms with E-state index in [1.54, 1.807) is 6.07 Å². The van der Waals surface area contributed by atoms with E-state index in [0.29, 0.717) is 5.69 Å². The summed E-state index contributed by atoms with van der Waals surface area (Å²) >= 11 is 1.37. The molecule has 2 heterocycles. The summed E-state index contributed by atoms with van der Waals surface area (Å²) in [6.07, 6.45) is -2.05. The predicted octanol–water partition coefficient (Wildman–Crippen LogP) is 4.13. The molecule has 2 aromatic rings. The Hall–Kier alpha value is -2.55. The second kappa shape index (κ2) is 6.99. The number of allylic oxidation sites excluding steroid dienone is 1. The molecule has 1 aliphatic rings. The van der Waals surface area contributed by atoms with Crippen molar-refractivity contribution >= 4 is 34.6 Å². The maximum Gasteiger partial charge on any atom is 0.416 e. The van der Waals surface area contributed by atoms with Gasteiger partial charge >= 0.3 is 6.18 Å². The quantitative estimate of drug-likeness (QED) is 0.805. The maximum atomic E-state index is 12.8. The van der Waals surface area contributed by atoms with Crippen LogP contribution in [-0.2, 0) is 11.0 Å². The zero-order valence-electron chi connectivity index (χ0n) is 13.9. The molecule has 26 heavy (non-hydrogen) atoms. The summed E-state index contributed by atoms with van der Waals surface area (Å²) in [4.78, 5) is 22.2. The van der Waals surface area contributed by atoms with E-state index in [-0.39, 0.29) is 17.0 Å². The lowest BCUT2D eigenvalue weighted by molar-refractivity contribution is -0.137. The van der Waals surface area contributed by atoms with Crippen molar-refractivity contribution < 1.29 is 18.0 Å². The number of hydrogen-bond acceptors (Lipinski definition) is 6. The number of nitrogens with one attached hydrogen (secondary N) is 1. The van der Waals surface area contributed by atoms with Crippen molar-refractivity contribution in [3.05, 3.63) is 53.5 Å². The van der Waals surface area contributed by atoms with E-state index in [1.165, 1.54) is 30.1 Å². The monoisotopic (exact) mass is 380 g/mol. The number of aldehydes is 1. The van der Waals surface area contributed by atoms with E-state index in [2.05, 4.69) is 15.3 Å². The van der Waals surface area contributed by atoms with Crippen molar-refractivity contribution in [3.8, 4) is 0 Å². The molecule has 1 aromatic carbocycles. The number of thioether (sulfide) groups is 1. The molecule has 0 aliphatic carbocycles. The Balaban J connectivity index is 1.86. The number of rotatable bonds is 4. The molecule has 1 aliphatic heterocycles. The highest BCUT2D eigenvalue weighted by atomic mass is 32.2. The zero-order chi connectivity index (χ0) is 18.9. The van der Waals surface area contributed by atoms with Gasteiger partial charge in [-0.25, -0.2) is 9.97 Å². The van der Waals surface area contributed by atoms with Gasteiger partial charge in [-0.05, 0) is 31.2 Å². The van der Waals surface area contributed by atoms with Crippen LogP contribution in [0.3, 0.4) is 0 Å². The van der Waals surface area contributed by atoms with Gasteiger partial charge in [-0.3, -0.25) is 0 Å². The van der Waals surface area contributed by atoms with Gasteiger partial charge in [0.2, 0.25) is 5.95 Å². The van der Waals surface area contributed by atoms with Crippen LogP contribution in [-0.4, -0.2) is 33.6 Å². The van der Waals surface area contributed by atoms with Crippen LogP contribution in [0.25, 0.3) is 4.91 Å². The average Bonchev–Trinajstić information content (AvgIpc) is 2.90. The second-order valence-corrected chi connectivity index (χ2v) is 6.77. The van der Waals surface area contributed by atoms with E-state index in [4.69, 9.17) is 0 Å². The van der Waals surface area contributed by atoms with Crippen LogP contribution in [0.2, 0.25) is 0 Å². The highest BCUT2D eigenvalue weighted by molar-refractivity contribution is 8.09. The molecule has 0 radical (unpaired) electrons. The van der Waals surface area contributed by atoms with Crippen LogP contribution in [0.4, 0.5) is 24.8 Å². The molecule has 0 spiro atoms. The van der Waals surface area contributed by atoms with Gasteiger partial charge in [-0.15, -0.1) is 0 Å². The van der Waals surface area contributed by atoms with Gasteiger partial charge < -0.3 is 15.0 Å². The molecular formula is C17H15F3N4OS. The lowest BCUT2D eigenvalue weighted by Crippen LogP contribution is -2.23. The van der Waals surface area contributed by atoms with Crippen LogP contribution >= 0.6 is 11.8 Å². The Kier molecular flexibility index (Phi) is 4.90. The van der Waals surface area contributed by atoms with Gasteiger partial charge in [0, 0.05) is 24.6 Å². The summed E-state index contributed by atoms with van der Waals surface area (Å²) in [6, 6.07) is 6.53. The molecule has 0 amide bonds. The first kappa shape index (κ1) is 18.2. The van der Waals surface area contributed by atoms with E-state index in [0.717, 1.165) is 29.0 Å². The fourth-order valence-corrected chi connectivity index (χ4v) is 3.61. The summed E-state index contributed by atoms with van der Waals surface area (Å²) in [5.74, 6) is 0.180. The fourth-order valence-electron chi connectivity index (χ4n) is 2.45. The molecule has 5 nitrogen and oxygen atoms in total. The van der Waals surface area contributed by atoms with Gasteiger partial charge in [0.1, 0.15) is 5.37 Å². The van der Waals surface area contributed by atoms with Crippen LogP contribution in [0.15, 0.2) is 42.2 Å². The standard InChI is InChI=1S/C17H15F3N4OS/c1-10-15(26-14(9-25)24(10)2)13-6-7-21-16(23-13)22-12-5-3-4-11(8-12)17(18,19)20/h3-9,14H,1-2H3,(H,21,22,23). The second-order valence-electron chi connectivity index (χ2n) is 5.64. The molecular weight excluding hydrogens is 365 g/mol. The maximum absolute atomic E-state index is 12.8. The van der Waals surface area contributed by atoms with Gasteiger partial charge in [0.15, 0.2) is 6.29 Å². The number of carbonyl (C=O) groups is 1. The largest absolute Gasteiger partial charge is 0.416 e. The number of carbonyl (C=O) groups excluding carboxylic acids is 1. The third-order valence-electron chi connectivity index (χ3n) is 3.93. The van der Waals surface area contributed by atoms with Crippen molar-refractivity contribution in [2.75, 3.05) is 12.4 Å². The minimum absolute atomic E-state index is 0.180. The first-order chi connectivity index (χ1) is 12.3. The number of anilines is 2. The minimum atomic E-state index is -4.42. The number of nitrogens with zero attached hydrogens (tertiary/aromatic N) is 3. The SMILES string of the molecule is CC1=C(c2ccnc(Nc3cccc(C(F)(F)F)c3)n2)SC(C=O)N1C. The smallest absolute Gasteiger partial charge is 0.359 e. The Labute approximate surface area is 152 Å². The van der Waals surface area contributed by atoms with E-state index in [1.807, 2.05) is 18.9 Å². The number of likely N-dealkylation sites (N-methyl/N-ethyl adjacent to an activating group) is 1. The minimum Gasteiger partial charge on any atom is -0.359 e. The van der Waals surface area contributed by atoms with Crippen LogP contribution in [0, 0.1) is 0 Å². The molecule has 0 saturated heterocycles. The molecule has 1 atom stereocenters. The Morgan fingerprint density at radius 3 is 2.73 bits per heavy atom. The highest BCUT2D eigenvalue weighted by Gasteiger charge is 2.31.